The molecular weight excluding hydrogens is 622 g/mol. The van der Waals surface area contributed by atoms with Crippen molar-refractivity contribution in [2.45, 2.75) is 166 Å². The van der Waals surface area contributed by atoms with Crippen LogP contribution in [0.5, 0.6) is 0 Å². The van der Waals surface area contributed by atoms with Gasteiger partial charge in [-0.1, -0.05) is 38.5 Å². The lowest BCUT2D eigenvalue weighted by atomic mass is 9.32. The van der Waals surface area contributed by atoms with Crippen molar-refractivity contribution in [2.24, 2.45) is 34.0 Å². The van der Waals surface area contributed by atoms with Gasteiger partial charge in [-0.3, -0.25) is 4.90 Å². The second kappa shape index (κ2) is 10.8. The molecule has 2 N–H and O–H groups in total. The van der Waals surface area contributed by atoms with Crippen LogP contribution in [0.3, 0.4) is 0 Å². The van der Waals surface area contributed by atoms with Gasteiger partial charge in [-0.05, 0) is 120 Å². The van der Waals surface area contributed by atoms with E-state index >= 15 is 0 Å². The largest absolute Gasteiger partial charge is 0.456 e. The van der Waals surface area contributed by atoms with Crippen molar-refractivity contribution < 1.29 is 38.7 Å². The lowest BCUT2D eigenvalue weighted by Gasteiger charge is -2.73. The molecular formula is C40H61NO8. The molecule has 9 nitrogen and oxygen atoms in total. The summed E-state index contributed by atoms with van der Waals surface area (Å²) in [5, 5.41) is 23.1. The predicted molar refractivity (Wildman–Crippen MR) is 184 cm³/mol. The molecule has 49 heavy (non-hydrogen) atoms. The summed E-state index contributed by atoms with van der Waals surface area (Å²) in [6.07, 6.45) is 7.59. The first-order valence-corrected chi connectivity index (χ1v) is 18.9. The molecule has 0 radical (unpaired) electrons. The van der Waals surface area contributed by atoms with E-state index in [1.807, 2.05) is 48.5 Å². The summed E-state index contributed by atoms with van der Waals surface area (Å²) in [5.41, 5.74) is 0.741. The van der Waals surface area contributed by atoms with Gasteiger partial charge in [0.2, 0.25) is 0 Å². The van der Waals surface area contributed by atoms with Crippen LogP contribution in [-0.2, 0) is 23.7 Å². The molecule has 0 bridgehead atoms. The van der Waals surface area contributed by atoms with Crippen molar-refractivity contribution in [3.05, 3.63) is 23.3 Å². The first-order chi connectivity index (χ1) is 22.6. The second-order valence-corrected chi connectivity index (χ2v) is 19.1. The van der Waals surface area contributed by atoms with Crippen LogP contribution in [-0.4, -0.2) is 88.1 Å². The monoisotopic (exact) mass is 683 g/mol. The molecule has 7 rings (SSSR count). The molecule has 5 saturated carbocycles. The van der Waals surface area contributed by atoms with Crippen molar-refractivity contribution in [1.82, 2.24) is 4.90 Å². The van der Waals surface area contributed by atoms with E-state index in [0.29, 0.717) is 12.8 Å². The van der Waals surface area contributed by atoms with Crippen LogP contribution >= 0.6 is 0 Å². The third kappa shape index (κ3) is 4.62. The zero-order chi connectivity index (χ0) is 35.9. The summed E-state index contributed by atoms with van der Waals surface area (Å²) in [6, 6.07) is -0.781. The minimum Gasteiger partial charge on any atom is -0.456 e. The highest BCUT2D eigenvalue weighted by Crippen LogP contribution is 2.85. The van der Waals surface area contributed by atoms with Gasteiger partial charge in [-0.2, -0.15) is 0 Å². The minimum absolute atomic E-state index is 0.0106. The van der Waals surface area contributed by atoms with E-state index < -0.39 is 46.6 Å². The smallest absolute Gasteiger partial charge is 0.410 e. The maximum atomic E-state index is 13.8. The molecule has 3 spiro atoms. The second-order valence-electron chi connectivity index (χ2n) is 19.1. The Hall–Kier alpha value is -1.94. The zero-order valence-electron chi connectivity index (χ0n) is 31.6. The van der Waals surface area contributed by atoms with E-state index in [1.54, 1.807) is 14.2 Å². The number of rotatable bonds is 6. The number of likely N-dealkylation sites (N-methyl/N-ethyl adjacent to an activating group) is 1. The highest BCUT2D eigenvalue weighted by atomic mass is 16.6. The van der Waals surface area contributed by atoms with Crippen molar-refractivity contribution in [3.8, 4) is 0 Å². The molecule has 11 atom stereocenters. The molecule has 7 aliphatic rings. The minimum atomic E-state index is -0.933. The average molecular weight is 684 g/mol. The van der Waals surface area contributed by atoms with E-state index in [-0.39, 0.29) is 46.2 Å². The van der Waals surface area contributed by atoms with Gasteiger partial charge >= 0.3 is 12.1 Å². The molecule has 2 unspecified atom stereocenters. The number of methoxy groups -OCH3 is 1. The fraction of sp³-hybridized carbons (Fsp3) is 0.850. The van der Waals surface area contributed by atoms with Crippen molar-refractivity contribution in [3.63, 3.8) is 0 Å². The standard InChI is InChI=1S/C40H61NO8/c1-22(2)30(41(10)33(43)49-34(4,5)6)31(42)47-26-12-14-38-19-18-37(38)17-16-36(9)25(24(37)20-27(46-11)29(38)23(26)3)21-39(45)32(36)40(39)15-13-28(48-40)35(7,8)44/h22,26-30,32,44-45H,3,12-21H2,1-2,4-11H3/t26-,27-,28-,29+,30-,32+,36-,37?,38?,39-,40+/m0/s1. The van der Waals surface area contributed by atoms with Gasteiger partial charge in [0.1, 0.15) is 28.9 Å². The summed E-state index contributed by atoms with van der Waals surface area (Å²) in [4.78, 5) is 28.1. The van der Waals surface area contributed by atoms with Crippen LogP contribution in [0.4, 0.5) is 4.79 Å². The van der Waals surface area contributed by atoms with Crippen LogP contribution in [0.25, 0.3) is 0 Å². The average Bonchev–Trinajstić information content (AvgIpc) is 3.23. The van der Waals surface area contributed by atoms with Crippen LogP contribution in [0, 0.1) is 34.0 Å². The van der Waals surface area contributed by atoms with Gasteiger partial charge in [0.25, 0.3) is 0 Å². The van der Waals surface area contributed by atoms with Gasteiger partial charge in [-0.15, -0.1) is 0 Å². The number of hydrogen-bond donors (Lipinski definition) is 2. The Bertz CT molecular complexity index is 1470. The molecule has 0 aromatic rings. The molecule has 0 aromatic heterocycles. The van der Waals surface area contributed by atoms with Crippen LogP contribution < -0.4 is 0 Å². The lowest BCUT2D eigenvalue weighted by molar-refractivity contribution is -0.197. The van der Waals surface area contributed by atoms with E-state index in [4.69, 9.17) is 18.9 Å². The predicted octanol–water partition coefficient (Wildman–Crippen LogP) is 6.49. The number of hydrogen-bond acceptors (Lipinski definition) is 8. The maximum absolute atomic E-state index is 13.8. The first-order valence-electron chi connectivity index (χ1n) is 18.9. The summed E-state index contributed by atoms with van der Waals surface area (Å²) in [6.45, 7) is 19.9. The molecule has 1 saturated heterocycles. The Morgan fingerprint density at radius 3 is 2.24 bits per heavy atom. The van der Waals surface area contributed by atoms with Gasteiger partial charge < -0.3 is 29.2 Å². The van der Waals surface area contributed by atoms with E-state index in [9.17, 15) is 19.8 Å². The number of carbonyl (C=O) groups is 2. The molecule has 274 valence electrons. The molecule has 0 aromatic carbocycles. The maximum Gasteiger partial charge on any atom is 0.410 e. The van der Waals surface area contributed by atoms with Crippen LogP contribution in [0.2, 0.25) is 0 Å². The Kier molecular flexibility index (Phi) is 7.82. The number of esters is 1. The van der Waals surface area contributed by atoms with Crippen LogP contribution in [0.15, 0.2) is 23.3 Å². The van der Waals surface area contributed by atoms with E-state index in [0.717, 1.165) is 56.9 Å². The van der Waals surface area contributed by atoms with Crippen molar-refractivity contribution in [2.75, 3.05) is 14.2 Å². The van der Waals surface area contributed by atoms with Crippen molar-refractivity contribution >= 4 is 12.1 Å². The number of aliphatic hydroxyl groups is 2. The molecule has 1 amide bonds. The van der Waals surface area contributed by atoms with Gasteiger partial charge in [0, 0.05) is 32.4 Å². The molecule has 6 fully saturated rings. The third-order valence-corrected chi connectivity index (χ3v) is 14.8. The number of carbonyl (C=O) groups excluding carboxylic acids is 2. The zero-order valence-corrected chi connectivity index (χ0v) is 31.6. The Labute approximate surface area is 293 Å². The highest BCUT2D eigenvalue weighted by Gasteiger charge is 2.89. The van der Waals surface area contributed by atoms with E-state index in [2.05, 4.69) is 13.5 Å². The number of amides is 1. The number of ether oxygens (including phenoxy) is 4. The third-order valence-electron chi connectivity index (χ3n) is 14.8. The fourth-order valence-electron chi connectivity index (χ4n) is 12.7. The first kappa shape index (κ1) is 35.5. The van der Waals surface area contributed by atoms with Gasteiger partial charge in [0.05, 0.1) is 17.8 Å². The Morgan fingerprint density at radius 2 is 1.69 bits per heavy atom. The normalized spacial score (nSPS) is 44.3. The summed E-state index contributed by atoms with van der Waals surface area (Å²) >= 11 is 0. The van der Waals surface area contributed by atoms with Gasteiger partial charge in [0.15, 0.2) is 0 Å². The quantitative estimate of drug-likeness (QED) is 0.241. The summed E-state index contributed by atoms with van der Waals surface area (Å²) < 4.78 is 24.9. The lowest BCUT2D eigenvalue weighted by Crippen LogP contribution is -2.67. The molecule has 1 heterocycles. The van der Waals surface area contributed by atoms with Crippen molar-refractivity contribution in [1.29, 1.82) is 0 Å². The topological polar surface area (TPSA) is 115 Å². The summed E-state index contributed by atoms with van der Waals surface area (Å²) in [5.74, 6) is -0.489. The van der Waals surface area contributed by atoms with Gasteiger partial charge in [-0.25, -0.2) is 9.59 Å². The van der Waals surface area contributed by atoms with Crippen LogP contribution in [0.1, 0.15) is 120 Å². The molecule has 9 heteroatoms. The SMILES string of the molecule is C=C1[C@@H](OC(=O)[C@H](C(C)C)N(C)C(=O)OC(C)(C)C)CCC23CCC24CC[C@@]2(C)C(=C4C[C@H](OC)[C@@H]13)C[C@]1(O)[C@@H]2[C@]12CC[C@@H](C(C)(C)O)O2. The Morgan fingerprint density at radius 1 is 1.02 bits per heavy atom. The van der Waals surface area contributed by atoms with E-state index in [1.165, 1.54) is 16.0 Å². The number of fused-ring (bicyclic) bond motifs is 5. The number of nitrogens with zero attached hydrogens (tertiary/aromatic N) is 1. The fourth-order valence-corrected chi connectivity index (χ4v) is 12.7. The Balaban J connectivity index is 1.14. The molecule has 6 aliphatic carbocycles. The summed E-state index contributed by atoms with van der Waals surface area (Å²) in [7, 11) is 3.40. The highest BCUT2D eigenvalue weighted by molar-refractivity contribution is 5.82. The molecule has 1 aliphatic heterocycles.